The number of furan rings is 1. The summed E-state index contributed by atoms with van der Waals surface area (Å²) in [5, 5.41) is 6.96. The zero-order chi connectivity index (χ0) is 16.9. The van der Waals surface area contributed by atoms with Gasteiger partial charge in [0.1, 0.15) is 0 Å². The molecule has 0 aliphatic carbocycles. The Balaban J connectivity index is 1.87. The summed E-state index contributed by atoms with van der Waals surface area (Å²) < 4.78 is 11.5. The number of esters is 1. The van der Waals surface area contributed by atoms with Gasteiger partial charge in [-0.05, 0) is 37.3 Å². The fourth-order valence-electron chi connectivity index (χ4n) is 2.14. The Hall–Kier alpha value is -3.35. The number of para-hydroxylation sites is 2. The van der Waals surface area contributed by atoms with Crippen molar-refractivity contribution in [3.63, 3.8) is 0 Å². The molecule has 1 aromatic carbocycles. The first-order valence-electron chi connectivity index (χ1n) is 7.36. The lowest BCUT2D eigenvalue weighted by Crippen LogP contribution is -2.13. The molecule has 0 unspecified atom stereocenters. The molecular formula is C17H15N3O4. The van der Waals surface area contributed by atoms with Crippen LogP contribution in [0, 0.1) is 0 Å². The van der Waals surface area contributed by atoms with Gasteiger partial charge >= 0.3 is 5.97 Å². The molecule has 2 heterocycles. The zero-order valence-electron chi connectivity index (χ0n) is 12.9. The molecular weight excluding hydrogens is 310 g/mol. The first kappa shape index (κ1) is 15.5. The van der Waals surface area contributed by atoms with Crippen LogP contribution < -0.4 is 5.32 Å². The molecule has 3 rings (SSSR count). The number of aromatic nitrogens is 2. The van der Waals surface area contributed by atoms with Crippen LogP contribution in [0.4, 0.5) is 5.69 Å². The monoisotopic (exact) mass is 325 g/mol. The Morgan fingerprint density at radius 2 is 2.04 bits per heavy atom. The highest BCUT2D eigenvalue weighted by Gasteiger charge is 2.15. The first-order chi connectivity index (χ1) is 11.7. The highest BCUT2D eigenvalue weighted by molar-refractivity contribution is 6.03. The highest BCUT2D eigenvalue weighted by atomic mass is 16.5. The van der Waals surface area contributed by atoms with Crippen LogP contribution in [0.1, 0.15) is 28.0 Å². The molecule has 0 saturated heterocycles. The largest absolute Gasteiger partial charge is 0.461 e. The Bertz CT molecular complexity index is 852. The fourth-order valence-corrected chi connectivity index (χ4v) is 2.14. The summed E-state index contributed by atoms with van der Waals surface area (Å²) in [4.78, 5) is 23.9. The van der Waals surface area contributed by atoms with Crippen molar-refractivity contribution in [1.29, 1.82) is 0 Å². The number of nitrogens with one attached hydrogen (secondary N) is 1. The highest BCUT2D eigenvalue weighted by Crippen LogP contribution is 2.20. The van der Waals surface area contributed by atoms with Gasteiger partial charge in [-0.2, -0.15) is 5.10 Å². The Labute approximate surface area is 137 Å². The van der Waals surface area contributed by atoms with E-state index in [1.54, 1.807) is 49.5 Å². The number of nitrogens with zero attached hydrogens (tertiary/aromatic N) is 2. The summed E-state index contributed by atoms with van der Waals surface area (Å²) in [5.41, 5.74) is 1.36. The van der Waals surface area contributed by atoms with Gasteiger partial charge in [0.05, 0.1) is 24.2 Å². The predicted molar refractivity (Wildman–Crippen MR) is 86.2 cm³/mol. The van der Waals surface area contributed by atoms with Crippen LogP contribution in [0.2, 0.25) is 0 Å². The lowest BCUT2D eigenvalue weighted by Gasteiger charge is -2.10. The molecule has 7 nitrogen and oxygen atoms in total. The van der Waals surface area contributed by atoms with Gasteiger partial charge in [0.15, 0.2) is 11.5 Å². The van der Waals surface area contributed by atoms with Crippen molar-refractivity contribution in [2.45, 2.75) is 6.92 Å². The van der Waals surface area contributed by atoms with Crippen LogP contribution in [0.25, 0.3) is 5.69 Å². The third kappa shape index (κ3) is 3.19. The topological polar surface area (TPSA) is 86.4 Å². The lowest BCUT2D eigenvalue weighted by atomic mass is 10.2. The van der Waals surface area contributed by atoms with Crippen molar-refractivity contribution < 1.29 is 18.7 Å². The van der Waals surface area contributed by atoms with Crippen molar-refractivity contribution in [1.82, 2.24) is 9.78 Å². The van der Waals surface area contributed by atoms with E-state index in [2.05, 4.69) is 10.4 Å². The van der Waals surface area contributed by atoms with E-state index >= 15 is 0 Å². The molecule has 0 spiro atoms. The van der Waals surface area contributed by atoms with E-state index in [-0.39, 0.29) is 24.0 Å². The van der Waals surface area contributed by atoms with E-state index < -0.39 is 5.97 Å². The van der Waals surface area contributed by atoms with E-state index in [1.807, 2.05) is 6.07 Å². The van der Waals surface area contributed by atoms with E-state index in [0.29, 0.717) is 11.4 Å². The Morgan fingerprint density at radius 3 is 2.79 bits per heavy atom. The number of anilines is 1. The molecule has 0 atom stereocenters. The normalized spacial score (nSPS) is 10.4. The van der Waals surface area contributed by atoms with Gasteiger partial charge < -0.3 is 14.5 Å². The van der Waals surface area contributed by atoms with Gasteiger partial charge in [0.2, 0.25) is 0 Å². The number of benzene rings is 1. The molecule has 0 radical (unpaired) electrons. The molecule has 2 aromatic heterocycles. The third-order valence-corrected chi connectivity index (χ3v) is 3.22. The maximum Gasteiger partial charge on any atom is 0.358 e. The number of rotatable bonds is 5. The average molecular weight is 325 g/mol. The number of carbonyl (C=O) groups excluding carboxylic acids is 2. The predicted octanol–water partition coefficient (Wildman–Crippen LogP) is 2.89. The minimum Gasteiger partial charge on any atom is -0.461 e. The summed E-state index contributed by atoms with van der Waals surface area (Å²) in [6.45, 7) is 2.01. The van der Waals surface area contributed by atoms with Crippen molar-refractivity contribution in [3.8, 4) is 5.69 Å². The van der Waals surface area contributed by atoms with Crippen molar-refractivity contribution in [3.05, 3.63) is 66.4 Å². The fraction of sp³-hybridized carbons (Fsp3) is 0.118. The van der Waals surface area contributed by atoms with E-state index in [9.17, 15) is 9.59 Å². The number of hydrogen-bond donors (Lipinski definition) is 1. The van der Waals surface area contributed by atoms with Gasteiger partial charge in [0.25, 0.3) is 5.91 Å². The summed E-state index contributed by atoms with van der Waals surface area (Å²) >= 11 is 0. The summed E-state index contributed by atoms with van der Waals surface area (Å²) in [6, 6.07) is 11.9. The molecule has 24 heavy (non-hydrogen) atoms. The SMILES string of the molecule is CCOC(=O)c1ccn(-c2ccccc2NC(=O)c2ccco2)n1. The number of amides is 1. The Morgan fingerprint density at radius 1 is 1.21 bits per heavy atom. The second-order valence-corrected chi connectivity index (χ2v) is 4.81. The Kier molecular flexibility index (Phi) is 4.42. The molecule has 7 heteroatoms. The summed E-state index contributed by atoms with van der Waals surface area (Å²) in [6.07, 6.45) is 3.06. The minimum absolute atomic E-state index is 0.198. The van der Waals surface area contributed by atoms with Gasteiger partial charge in [-0.15, -0.1) is 0 Å². The second-order valence-electron chi connectivity index (χ2n) is 4.81. The molecule has 0 bridgehead atoms. The molecule has 0 aliphatic rings. The quantitative estimate of drug-likeness (QED) is 0.729. The number of carbonyl (C=O) groups is 2. The smallest absolute Gasteiger partial charge is 0.358 e. The van der Waals surface area contributed by atoms with Crippen LogP contribution in [0.3, 0.4) is 0 Å². The number of hydrogen-bond acceptors (Lipinski definition) is 5. The molecule has 0 aliphatic heterocycles. The van der Waals surface area contributed by atoms with Crippen molar-refractivity contribution in [2.75, 3.05) is 11.9 Å². The first-order valence-corrected chi connectivity index (χ1v) is 7.36. The van der Waals surface area contributed by atoms with Crippen LogP contribution in [0.5, 0.6) is 0 Å². The molecule has 0 saturated carbocycles. The van der Waals surface area contributed by atoms with Gasteiger partial charge in [0, 0.05) is 6.20 Å². The van der Waals surface area contributed by atoms with Crippen LogP contribution in [-0.4, -0.2) is 28.3 Å². The third-order valence-electron chi connectivity index (χ3n) is 3.22. The van der Waals surface area contributed by atoms with E-state index in [4.69, 9.17) is 9.15 Å². The zero-order valence-corrected chi connectivity index (χ0v) is 12.9. The van der Waals surface area contributed by atoms with Crippen molar-refractivity contribution >= 4 is 17.6 Å². The van der Waals surface area contributed by atoms with Crippen LogP contribution >= 0.6 is 0 Å². The molecule has 0 fully saturated rings. The maximum atomic E-state index is 12.1. The molecule has 122 valence electrons. The van der Waals surface area contributed by atoms with Crippen LogP contribution in [-0.2, 0) is 4.74 Å². The van der Waals surface area contributed by atoms with Gasteiger partial charge in [-0.1, -0.05) is 12.1 Å². The molecule has 3 aromatic rings. The minimum atomic E-state index is -0.492. The molecule has 1 N–H and O–H groups in total. The van der Waals surface area contributed by atoms with Gasteiger partial charge in [-0.25, -0.2) is 9.48 Å². The average Bonchev–Trinajstić information content (AvgIpc) is 3.27. The summed E-state index contributed by atoms with van der Waals surface area (Å²) in [5.74, 6) is -0.656. The lowest BCUT2D eigenvalue weighted by molar-refractivity contribution is 0.0519. The van der Waals surface area contributed by atoms with Crippen molar-refractivity contribution in [2.24, 2.45) is 0 Å². The van der Waals surface area contributed by atoms with E-state index in [1.165, 1.54) is 10.9 Å². The maximum absolute atomic E-state index is 12.1. The molecule has 1 amide bonds. The summed E-state index contributed by atoms with van der Waals surface area (Å²) in [7, 11) is 0. The van der Waals surface area contributed by atoms with Gasteiger partial charge in [-0.3, -0.25) is 4.79 Å². The second kappa shape index (κ2) is 6.82. The van der Waals surface area contributed by atoms with E-state index in [0.717, 1.165) is 0 Å². The number of ether oxygens (including phenoxy) is 1. The van der Waals surface area contributed by atoms with Crippen LogP contribution in [0.15, 0.2) is 59.3 Å². The standard InChI is InChI=1S/C17H15N3O4/c1-2-23-17(22)13-9-10-20(19-13)14-7-4-3-6-12(14)18-16(21)15-8-5-11-24-15/h3-11H,2H2,1H3,(H,18,21).